The summed E-state index contributed by atoms with van der Waals surface area (Å²) in [6.07, 6.45) is 8.79. The summed E-state index contributed by atoms with van der Waals surface area (Å²) in [7, 11) is 0. The van der Waals surface area contributed by atoms with Crippen molar-refractivity contribution < 1.29 is 5.11 Å². The Hall–Kier alpha value is -3.30. The number of aliphatic hydroxyl groups excluding tert-OH is 1. The van der Waals surface area contributed by atoms with E-state index in [0.717, 1.165) is 9.80 Å². The zero-order chi connectivity index (χ0) is 15.8. The molecule has 0 amide bonds. The molecule has 0 aliphatic heterocycles. The van der Waals surface area contributed by atoms with E-state index in [2.05, 4.69) is 19.9 Å². The summed E-state index contributed by atoms with van der Waals surface area (Å²) in [6, 6.07) is 3.25. The van der Waals surface area contributed by atoms with Gasteiger partial charge in [-0.05, 0) is 12.1 Å². The highest BCUT2D eigenvalue weighted by atomic mass is 16.3. The molecule has 1 N–H and O–H groups in total. The molecule has 2 aromatic heterocycles. The van der Waals surface area contributed by atoms with Crippen LogP contribution < -0.4 is 9.80 Å². The number of nitrogens with zero attached hydrogens (tertiary/aromatic N) is 8. The zero-order valence-electron chi connectivity index (χ0n) is 11.5. The second-order valence-corrected chi connectivity index (χ2v) is 4.17. The van der Waals surface area contributed by atoms with E-state index in [1.54, 1.807) is 12.1 Å². The van der Waals surface area contributed by atoms with Crippen LogP contribution in [0.25, 0.3) is 0 Å². The number of aliphatic hydroxyl groups is 1. The van der Waals surface area contributed by atoms with Gasteiger partial charge in [-0.15, -0.1) is 0 Å². The highest BCUT2D eigenvalue weighted by molar-refractivity contribution is 5.37. The highest BCUT2D eigenvalue weighted by Gasteiger charge is 2.18. The van der Waals surface area contributed by atoms with Gasteiger partial charge < -0.3 is 5.11 Å². The second kappa shape index (κ2) is 7.47. The van der Waals surface area contributed by atoms with Crippen molar-refractivity contribution in [3.8, 4) is 12.4 Å². The first-order valence-corrected chi connectivity index (χ1v) is 6.31. The Bertz CT molecular complexity index is 606. The Balaban J connectivity index is 2.01. The Morgan fingerprint density at radius 3 is 1.55 bits per heavy atom. The molecule has 110 valence electrons. The van der Waals surface area contributed by atoms with E-state index in [-0.39, 0.29) is 25.0 Å². The Kier molecular flexibility index (Phi) is 5.13. The fourth-order valence-corrected chi connectivity index (χ4v) is 1.67. The summed E-state index contributed by atoms with van der Waals surface area (Å²) < 4.78 is 0. The molecule has 22 heavy (non-hydrogen) atoms. The van der Waals surface area contributed by atoms with E-state index in [1.165, 1.54) is 24.8 Å². The molecule has 0 aliphatic rings. The smallest absolute Gasteiger partial charge is 0.238 e. The summed E-state index contributed by atoms with van der Waals surface area (Å²) >= 11 is 0. The van der Waals surface area contributed by atoms with Gasteiger partial charge in [-0.1, -0.05) is 0 Å². The first-order valence-electron chi connectivity index (χ1n) is 6.31. The van der Waals surface area contributed by atoms with Gasteiger partial charge in [-0.2, -0.15) is 10.5 Å². The molecule has 0 spiro atoms. The Morgan fingerprint density at radius 1 is 0.864 bits per heavy atom. The molecule has 0 aromatic carbocycles. The molecule has 0 unspecified atom stereocenters. The van der Waals surface area contributed by atoms with Gasteiger partial charge in [0.1, 0.15) is 0 Å². The lowest BCUT2D eigenvalue weighted by molar-refractivity contribution is 0.190. The normalized spacial score (nSPS) is 9.82. The number of hydrogen-bond acceptors (Lipinski definition) is 9. The third-order valence-electron chi connectivity index (χ3n) is 2.62. The van der Waals surface area contributed by atoms with E-state index >= 15 is 0 Å². The van der Waals surface area contributed by atoms with Crippen LogP contribution in [0.2, 0.25) is 0 Å². The molecule has 9 heteroatoms. The van der Waals surface area contributed by atoms with Gasteiger partial charge in [-0.3, -0.25) is 0 Å². The minimum absolute atomic E-state index is 0.0501. The van der Waals surface area contributed by atoms with E-state index in [1.807, 2.05) is 12.4 Å². The first-order chi connectivity index (χ1) is 10.7. The lowest BCUT2D eigenvalue weighted by Gasteiger charge is -2.21. The highest BCUT2D eigenvalue weighted by Crippen LogP contribution is 2.08. The molecular formula is C13H12N8O. The van der Waals surface area contributed by atoms with Gasteiger partial charge >= 0.3 is 0 Å². The maximum Gasteiger partial charge on any atom is 0.238 e. The summed E-state index contributed by atoms with van der Waals surface area (Å²) in [5, 5.41) is 28.3. The number of rotatable bonds is 6. The number of anilines is 2. The van der Waals surface area contributed by atoms with E-state index in [0.29, 0.717) is 0 Å². The minimum Gasteiger partial charge on any atom is -0.389 e. The fourth-order valence-electron chi connectivity index (χ4n) is 1.67. The van der Waals surface area contributed by atoms with Crippen LogP contribution in [-0.4, -0.2) is 44.2 Å². The van der Waals surface area contributed by atoms with Crippen LogP contribution in [0.3, 0.4) is 0 Å². The average molecular weight is 296 g/mol. The van der Waals surface area contributed by atoms with Crippen LogP contribution in [0.5, 0.6) is 0 Å². The van der Waals surface area contributed by atoms with Crippen LogP contribution in [0.15, 0.2) is 36.9 Å². The molecule has 2 heterocycles. The van der Waals surface area contributed by atoms with Gasteiger partial charge in [0.25, 0.3) is 0 Å². The summed E-state index contributed by atoms with van der Waals surface area (Å²) in [4.78, 5) is 18.0. The molecule has 0 saturated carbocycles. The Labute approximate surface area is 126 Å². The lowest BCUT2D eigenvalue weighted by Crippen LogP contribution is -2.38. The molecule has 0 radical (unpaired) electrons. The van der Waals surface area contributed by atoms with Crippen molar-refractivity contribution in [2.24, 2.45) is 0 Å². The molecule has 9 nitrogen and oxygen atoms in total. The lowest BCUT2D eigenvalue weighted by atomic mass is 10.3. The topological polar surface area (TPSA) is 126 Å². The molecule has 0 fully saturated rings. The first kappa shape index (κ1) is 15.1. The summed E-state index contributed by atoms with van der Waals surface area (Å²) in [6.45, 7) is -0.100. The average Bonchev–Trinajstić information content (AvgIpc) is 2.59. The van der Waals surface area contributed by atoms with Gasteiger partial charge in [0.15, 0.2) is 12.4 Å². The molecule has 0 saturated heterocycles. The SMILES string of the molecule is N#CN(CC(O)CN(C#N)c1ncccn1)c1ncccn1. The van der Waals surface area contributed by atoms with Crippen molar-refractivity contribution in [1.82, 2.24) is 19.9 Å². The molecule has 0 aliphatic carbocycles. The van der Waals surface area contributed by atoms with Crippen LogP contribution >= 0.6 is 0 Å². The largest absolute Gasteiger partial charge is 0.389 e. The number of nitriles is 2. The van der Waals surface area contributed by atoms with Crippen LogP contribution in [-0.2, 0) is 0 Å². The second-order valence-electron chi connectivity index (χ2n) is 4.17. The number of hydrogen-bond donors (Lipinski definition) is 1. The van der Waals surface area contributed by atoms with Crippen LogP contribution in [0.4, 0.5) is 11.9 Å². The van der Waals surface area contributed by atoms with E-state index in [9.17, 15) is 5.11 Å². The van der Waals surface area contributed by atoms with Crippen molar-refractivity contribution in [3.63, 3.8) is 0 Å². The number of aromatic nitrogens is 4. The third-order valence-corrected chi connectivity index (χ3v) is 2.62. The fraction of sp³-hybridized carbons (Fsp3) is 0.231. The van der Waals surface area contributed by atoms with Crippen molar-refractivity contribution in [1.29, 1.82) is 10.5 Å². The standard InChI is InChI=1S/C13H12N8O/c14-9-20(12-16-3-1-4-17-12)7-11(22)8-21(10-15)13-18-5-2-6-19-13/h1-6,11,22H,7-8H2. The van der Waals surface area contributed by atoms with Crippen LogP contribution in [0, 0.1) is 22.9 Å². The van der Waals surface area contributed by atoms with Crippen molar-refractivity contribution in [2.75, 3.05) is 22.9 Å². The van der Waals surface area contributed by atoms with Gasteiger partial charge in [0, 0.05) is 24.8 Å². The quantitative estimate of drug-likeness (QED) is 0.574. The van der Waals surface area contributed by atoms with Gasteiger partial charge in [0.2, 0.25) is 11.9 Å². The molecule has 2 rings (SSSR count). The van der Waals surface area contributed by atoms with Gasteiger partial charge in [-0.25, -0.2) is 29.7 Å². The van der Waals surface area contributed by atoms with Crippen molar-refractivity contribution in [2.45, 2.75) is 6.10 Å². The Morgan fingerprint density at radius 2 is 1.23 bits per heavy atom. The minimum atomic E-state index is -0.994. The third kappa shape index (κ3) is 3.85. The zero-order valence-corrected chi connectivity index (χ0v) is 11.5. The maximum absolute atomic E-state index is 10.1. The maximum atomic E-state index is 10.1. The van der Waals surface area contributed by atoms with Crippen molar-refractivity contribution >= 4 is 11.9 Å². The summed E-state index contributed by atoms with van der Waals surface area (Å²) in [5.41, 5.74) is 0. The molecule has 2 aromatic rings. The molecule has 0 atom stereocenters. The van der Waals surface area contributed by atoms with Crippen LogP contribution in [0.1, 0.15) is 0 Å². The van der Waals surface area contributed by atoms with Crippen molar-refractivity contribution in [3.05, 3.63) is 36.9 Å². The summed E-state index contributed by atoms with van der Waals surface area (Å²) in [5.74, 6) is 0.368. The van der Waals surface area contributed by atoms with E-state index in [4.69, 9.17) is 10.5 Å². The molecule has 0 bridgehead atoms. The van der Waals surface area contributed by atoms with E-state index < -0.39 is 6.10 Å². The monoisotopic (exact) mass is 296 g/mol. The predicted octanol–water partition coefficient (Wildman–Crippen LogP) is -0.0973. The molecular weight excluding hydrogens is 284 g/mol. The van der Waals surface area contributed by atoms with Gasteiger partial charge in [0.05, 0.1) is 19.2 Å². The predicted molar refractivity (Wildman–Crippen MR) is 76.0 cm³/mol.